The molecule has 0 radical (unpaired) electrons. The third kappa shape index (κ3) is 3.55. The van der Waals surface area contributed by atoms with Gasteiger partial charge in [-0.05, 0) is 38.3 Å². The van der Waals surface area contributed by atoms with Gasteiger partial charge in [0.2, 0.25) is 5.91 Å². The molecule has 0 bridgehead atoms. The number of nitrogens with zero attached hydrogens (tertiary/aromatic N) is 3. The maximum atomic E-state index is 13.1. The molecule has 3 heterocycles. The Morgan fingerprint density at radius 1 is 1.24 bits per heavy atom. The maximum Gasteiger partial charge on any atom is 0.254 e. The Kier molecular flexibility index (Phi) is 5.17. The Morgan fingerprint density at radius 3 is 2.62 bits per heavy atom. The molecule has 2 aliphatic rings. The number of ether oxygens (including phenoxy) is 1. The summed E-state index contributed by atoms with van der Waals surface area (Å²) < 4.78 is 7.39. The van der Waals surface area contributed by atoms with Crippen LogP contribution in [0.15, 0.2) is 24.3 Å². The highest BCUT2D eigenvalue weighted by Crippen LogP contribution is 2.38. The van der Waals surface area contributed by atoms with Crippen molar-refractivity contribution in [2.45, 2.75) is 51.7 Å². The number of carbonyl (C=O) groups is 2. The van der Waals surface area contributed by atoms with Crippen LogP contribution in [0.4, 0.5) is 0 Å². The summed E-state index contributed by atoms with van der Waals surface area (Å²) in [6, 6.07) is 7.71. The van der Waals surface area contributed by atoms with Crippen LogP contribution in [0.25, 0.3) is 0 Å². The Morgan fingerprint density at radius 2 is 1.97 bits per heavy atom. The van der Waals surface area contributed by atoms with Gasteiger partial charge in [0, 0.05) is 50.2 Å². The number of aromatic nitrogens is 2. The van der Waals surface area contributed by atoms with Crippen LogP contribution in [-0.4, -0.2) is 45.2 Å². The van der Waals surface area contributed by atoms with E-state index in [4.69, 9.17) is 4.74 Å². The van der Waals surface area contributed by atoms with Gasteiger partial charge in [-0.3, -0.25) is 14.3 Å². The lowest BCUT2D eigenvalue weighted by Crippen LogP contribution is -2.54. The van der Waals surface area contributed by atoms with Crippen LogP contribution in [0.2, 0.25) is 0 Å². The Hall–Kier alpha value is -2.67. The average molecular weight is 396 g/mol. The van der Waals surface area contributed by atoms with Crippen LogP contribution >= 0.6 is 0 Å². The predicted molar refractivity (Wildman–Crippen MR) is 108 cm³/mol. The highest BCUT2D eigenvalue weighted by Gasteiger charge is 2.46. The smallest absolute Gasteiger partial charge is 0.254 e. The van der Waals surface area contributed by atoms with E-state index in [1.165, 1.54) is 0 Å². The zero-order chi connectivity index (χ0) is 20.6. The molecule has 4 rings (SSSR count). The zero-order valence-corrected chi connectivity index (χ0v) is 17.3. The Labute approximate surface area is 171 Å². The number of fused-ring (bicyclic) bond motifs is 1. The second-order valence-electron chi connectivity index (χ2n) is 8.11. The molecule has 0 aliphatic carbocycles. The monoisotopic (exact) mass is 396 g/mol. The van der Waals surface area contributed by atoms with Crippen molar-refractivity contribution >= 4 is 11.8 Å². The number of hydrogen-bond donors (Lipinski definition) is 1. The molecule has 0 unspecified atom stereocenters. The minimum absolute atomic E-state index is 0.0225. The molecule has 0 saturated carbocycles. The van der Waals surface area contributed by atoms with Gasteiger partial charge in [0.05, 0.1) is 17.7 Å². The fourth-order valence-electron chi connectivity index (χ4n) is 4.55. The molecule has 1 aromatic heterocycles. The SMILES string of the molecule is Cc1nn(C)c(C)c1CNC(=O)CC1(N2Cc3ccccc3C2=O)CCOCC1. The van der Waals surface area contributed by atoms with Crippen molar-refractivity contribution in [1.82, 2.24) is 20.0 Å². The van der Waals surface area contributed by atoms with Crippen molar-refractivity contribution in [3.8, 4) is 0 Å². The number of aryl methyl sites for hydroxylation is 2. The second-order valence-corrected chi connectivity index (χ2v) is 8.11. The third-order valence-electron chi connectivity index (χ3n) is 6.43. The lowest BCUT2D eigenvalue weighted by Gasteiger charge is -2.44. The lowest BCUT2D eigenvalue weighted by molar-refractivity contribution is -0.126. The van der Waals surface area contributed by atoms with E-state index in [2.05, 4.69) is 10.4 Å². The average Bonchev–Trinajstić information content (AvgIpc) is 3.18. The van der Waals surface area contributed by atoms with Crippen LogP contribution in [0.3, 0.4) is 0 Å². The van der Waals surface area contributed by atoms with Crippen LogP contribution in [0.5, 0.6) is 0 Å². The zero-order valence-electron chi connectivity index (χ0n) is 17.3. The van der Waals surface area contributed by atoms with Crippen LogP contribution in [0.1, 0.15) is 52.1 Å². The normalized spacial score (nSPS) is 18.0. The summed E-state index contributed by atoms with van der Waals surface area (Å²) in [7, 11) is 1.90. The number of amides is 2. The highest BCUT2D eigenvalue weighted by atomic mass is 16.5. The second kappa shape index (κ2) is 7.63. The van der Waals surface area contributed by atoms with Crippen molar-refractivity contribution in [2.24, 2.45) is 7.05 Å². The number of nitrogens with one attached hydrogen (secondary N) is 1. The molecule has 1 aromatic carbocycles. The van der Waals surface area contributed by atoms with Crippen LogP contribution in [-0.2, 0) is 29.7 Å². The minimum Gasteiger partial charge on any atom is -0.381 e. The van der Waals surface area contributed by atoms with Gasteiger partial charge in [-0.25, -0.2) is 0 Å². The number of benzene rings is 1. The molecule has 0 atom stereocenters. The summed E-state index contributed by atoms with van der Waals surface area (Å²) in [6.45, 7) is 6.09. The standard InChI is InChI=1S/C22H28N4O3/c1-15-19(16(2)25(3)24-15)13-23-20(27)12-22(8-10-29-11-9-22)26-14-17-6-4-5-7-18(17)21(26)28/h4-7H,8-14H2,1-3H3,(H,23,27). The van der Waals surface area contributed by atoms with E-state index in [0.717, 1.165) is 28.1 Å². The molecule has 1 fully saturated rings. The largest absolute Gasteiger partial charge is 0.381 e. The van der Waals surface area contributed by atoms with E-state index in [1.54, 1.807) is 0 Å². The van der Waals surface area contributed by atoms with Crippen LogP contribution in [0, 0.1) is 13.8 Å². The number of rotatable bonds is 5. The first kappa shape index (κ1) is 19.6. The molecule has 1 N–H and O–H groups in total. The highest BCUT2D eigenvalue weighted by molar-refractivity contribution is 5.99. The summed E-state index contributed by atoms with van der Waals surface area (Å²) in [4.78, 5) is 27.9. The van der Waals surface area contributed by atoms with E-state index in [0.29, 0.717) is 39.1 Å². The number of hydrogen-bond acceptors (Lipinski definition) is 4. The fourth-order valence-corrected chi connectivity index (χ4v) is 4.55. The van der Waals surface area contributed by atoms with E-state index in [9.17, 15) is 9.59 Å². The van der Waals surface area contributed by atoms with E-state index in [-0.39, 0.29) is 18.2 Å². The number of carbonyl (C=O) groups excluding carboxylic acids is 2. The molecule has 7 nitrogen and oxygen atoms in total. The van der Waals surface area contributed by atoms with Crippen LogP contribution < -0.4 is 5.32 Å². The molecule has 154 valence electrons. The topological polar surface area (TPSA) is 76.5 Å². The van der Waals surface area contributed by atoms with E-state index in [1.807, 2.05) is 54.7 Å². The first-order valence-electron chi connectivity index (χ1n) is 10.1. The maximum absolute atomic E-state index is 13.1. The first-order valence-corrected chi connectivity index (χ1v) is 10.1. The van der Waals surface area contributed by atoms with Crippen molar-refractivity contribution in [1.29, 1.82) is 0 Å². The van der Waals surface area contributed by atoms with Crippen molar-refractivity contribution < 1.29 is 14.3 Å². The van der Waals surface area contributed by atoms with E-state index >= 15 is 0 Å². The van der Waals surface area contributed by atoms with Gasteiger partial charge in [0.25, 0.3) is 5.91 Å². The molecule has 2 aliphatic heterocycles. The van der Waals surface area contributed by atoms with Crippen molar-refractivity contribution in [3.05, 3.63) is 52.3 Å². The summed E-state index contributed by atoms with van der Waals surface area (Å²) in [5, 5.41) is 7.46. The molecule has 1 saturated heterocycles. The summed E-state index contributed by atoms with van der Waals surface area (Å²) in [5.74, 6) is -0.0208. The van der Waals surface area contributed by atoms with Gasteiger partial charge in [-0.15, -0.1) is 0 Å². The Bertz CT molecular complexity index is 944. The van der Waals surface area contributed by atoms with Gasteiger partial charge < -0.3 is 15.0 Å². The van der Waals surface area contributed by atoms with Gasteiger partial charge in [-0.2, -0.15) is 5.10 Å². The lowest BCUT2D eigenvalue weighted by atomic mass is 9.84. The van der Waals surface area contributed by atoms with Gasteiger partial charge >= 0.3 is 0 Å². The fraction of sp³-hybridized carbons (Fsp3) is 0.500. The van der Waals surface area contributed by atoms with Crippen molar-refractivity contribution in [3.63, 3.8) is 0 Å². The van der Waals surface area contributed by atoms with Gasteiger partial charge in [0.1, 0.15) is 0 Å². The molecule has 2 amide bonds. The third-order valence-corrected chi connectivity index (χ3v) is 6.43. The summed E-state index contributed by atoms with van der Waals surface area (Å²) in [5.41, 5.74) is 4.31. The predicted octanol–water partition coefficient (Wildman–Crippen LogP) is 2.25. The van der Waals surface area contributed by atoms with E-state index < -0.39 is 5.54 Å². The molecule has 7 heteroatoms. The molecule has 29 heavy (non-hydrogen) atoms. The minimum atomic E-state index is -0.503. The molecule has 0 spiro atoms. The molecular formula is C22H28N4O3. The van der Waals surface area contributed by atoms with Crippen molar-refractivity contribution in [2.75, 3.05) is 13.2 Å². The molecular weight excluding hydrogens is 368 g/mol. The summed E-state index contributed by atoms with van der Waals surface area (Å²) >= 11 is 0. The van der Waals surface area contributed by atoms with Gasteiger partial charge in [-0.1, -0.05) is 18.2 Å². The first-order chi connectivity index (χ1) is 13.9. The quantitative estimate of drug-likeness (QED) is 0.841. The Balaban J connectivity index is 1.50. The summed E-state index contributed by atoms with van der Waals surface area (Å²) in [6.07, 6.45) is 1.63. The molecule has 2 aromatic rings. The van der Waals surface area contributed by atoms with Gasteiger partial charge in [0.15, 0.2) is 0 Å².